The second kappa shape index (κ2) is 7.44. The van der Waals surface area contributed by atoms with Crippen LogP contribution < -0.4 is 0 Å². The van der Waals surface area contributed by atoms with Crippen molar-refractivity contribution in [2.75, 3.05) is 13.1 Å². The van der Waals surface area contributed by atoms with Crippen LogP contribution in [0.5, 0.6) is 0 Å². The summed E-state index contributed by atoms with van der Waals surface area (Å²) in [5, 5.41) is 11.3. The zero-order chi connectivity index (χ0) is 16.9. The molecule has 0 spiro atoms. The maximum atomic E-state index is 12.1. The molecule has 0 bridgehead atoms. The van der Waals surface area contributed by atoms with Crippen LogP contribution in [0.15, 0.2) is 35.7 Å². The van der Waals surface area contributed by atoms with E-state index in [1.165, 1.54) is 11.3 Å². The predicted octanol–water partition coefficient (Wildman–Crippen LogP) is 3.36. The van der Waals surface area contributed by atoms with Crippen molar-refractivity contribution in [1.82, 2.24) is 9.88 Å². The van der Waals surface area contributed by atoms with Gasteiger partial charge >= 0.3 is 12.1 Å². The van der Waals surface area contributed by atoms with E-state index >= 15 is 0 Å². The molecule has 0 aliphatic carbocycles. The Balaban J connectivity index is 1.49. The fourth-order valence-corrected chi connectivity index (χ4v) is 3.66. The molecule has 1 N–H and O–H groups in total. The largest absolute Gasteiger partial charge is 0.476 e. The van der Waals surface area contributed by atoms with Gasteiger partial charge in [0.15, 0.2) is 5.69 Å². The van der Waals surface area contributed by atoms with E-state index in [1.807, 2.05) is 30.3 Å². The van der Waals surface area contributed by atoms with Crippen LogP contribution in [0.4, 0.5) is 4.79 Å². The maximum absolute atomic E-state index is 12.1. The number of carbonyl (C=O) groups excluding carboxylic acids is 1. The molecule has 3 rings (SSSR count). The van der Waals surface area contributed by atoms with Gasteiger partial charge in [0.1, 0.15) is 6.61 Å². The molecule has 2 aromatic rings. The Bertz CT molecular complexity index is 708. The molecule has 24 heavy (non-hydrogen) atoms. The first kappa shape index (κ1) is 16.4. The molecule has 0 radical (unpaired) electrons. The molecule has 1 aromatic heterocycles. The standard InChI is InChI=1S/C17H18N2O4S/c20-16(21)14-11-24-15(18-14)13-6-8-19(9-7-13)17(22)23-10-12-4-2-1-3-5-12/h1-5,11,13H,6-10H2,(H,20,21). The third-order valence-corrected chi connectivity index (χ3v) is 5.06. The minimum absolute atomic E-state index is 0.0969. The van der Waals surface area contributed by atoms with Crippen LogP contribution in [-0.4, -0.2) is 40.1 Å². The summed E-state index contributed by atoms with van der Waals surface area (Å²) in [4.78, 5) is 28.9. The number of piperidine rings is 1. The number of carboxylic acid groups (broad SMARTS) is 1. The molecule has 1 aliphatic heterocycles. The molecule has 1 amide bonds. The van der Waals surface area contributed by atoms with Crippen molar-refractivity contribution in [1.29, 1.82) is 0 Å². The van der Waals surface area contributed by atoms with Crippen molar-refractivity contribution in [3.63, 3.8) is 0 Å². The summed E-state index contributed by atoms with van der Waals surface area (Å²) in [7, 11) is 0. The van der Waals surface area contributed by atoms with Gasteiger partial charge in [-0.05, 0) is 18.4 Å². The van der Waals surface area contributed by atoms with Crippen LogP contribution in [-0.2, 0) is 11.3 Å². The number of thiazole rings is 1. The first-order valence-electron chi connectivity index (χ1n) is 7.78. The first-order chi connectivity index (χ1) is 11.6. The molecule has 0 unspecified atom stereocenters. The topological polar surface area (TPSA) is 79.7 Å². The summed E-state index contributed by atoms with van der Waals surface area (Å²) < 4.78 is 5.34. The predicted molar refractivity (Wildman–Crippen MR) is 89.2 cm³/mol. The Morgan fingerprint density at radius 3 is 2.58 bits per heavy atom. The molecule has 7 heteroatoms. The number of ether oxygens (including phenoxy) is 1. The van der Waals surface area contributed by atoms with Gasteiger partial charge < -0.3 is 14.7 Å². The number of aromatic carboxylic acids is 1. The molecular formula is C17H18N2O4S. The molecule has 0 saturated carbocycles. The minimum Gasteiger partial charge on any atom is -0.476 e. The lowest BCUT2D eigenvalue weighted by Crippen LogP contribution is -2.38. The lowest BCUT2D eigenvalue weighted by atomic mass is 9.98. The molecule has 1 aliphatic rings. The molecule has 6 nitrogen and oxygen atoms in total. The zero-order valence-corrected chi connectivity index (χ0v) is 13.9. The van der Waals surface area contributed by atoms with E-state index < -0.39 is 5.97 Å². The molecule has 2 heterocycles. The van der Waals surface area contributed by atoms with Gasteiger partial charge in [0.25, 0.3) is 0 Å². The Morgan fingerprint density at radius 2 is 1.96 bits per heavy atom. The van der Waals surface area contributed by atoms with Gasteiger partial charge in [-0.1, -0.05) is 30.3 Å². The van der Waals surface area contributed by atoms with Crippen molar-refractivity contribution >= 4 is 23.4 Å². The number of benzene rings is 1. The highest BCUT2D eigenvalue weighted by atomic mass is 32.1. The summed E-state index contributed by atoms with van der Waals surface area (Å²) in [6, 6.07) is 9.58. The summed E-state index contributed by atoms with van der Waals surface area (Å²) in [5.41, 5.74) is 1.06. The minimum atomic E-state index is -1.00. The van der Waals surface area contributed by atoms with E-state index in [9.17, 15) is 9.59 Å². The van der Waals surface area contributed by atoms with Gasteiger partial charge in [-0.2, -0.15) is 0 Å². The van der Waals surface area contributed by atoms with Crippen molar-refractivity contribution in [3.05, 3.63) is 52.0 Å². The highest BCUT2D eigenvalue weighted by molar-refractivity contribution is 7.09. The highest BCUT2D eigenvalue weighted by Crippen LogP contribution is 2.30. The average molecular weight is 346 g/mol. The third kappa shape index (κ3) is 3.91. The SMILES string of the molecule is O=C(O)c1csc(C2CCN(C(=O)OCc3ccccc3)CC2)n1. The van der Waals surface area contributed by atoms with Gasteiger partial charge in [0.2, 0.25) is 0 Å². The normalized spacial score (nSPS) is 15.2. The van der Waals surface area contributed by atoms with Crippen molar-refractivity contribution in [2.45, 2.75) is 25.4 Å². The van der Waals surface area contributed by atoms with Gasteiger partial charge in [-0.25, -0.2) is 14.6 Å². The zero-order valence-electron chi connectivity index (χ0n) is 13.1. The Labute approximate surface area is 143 Å². The third-order valence-electron chi connectivity index (χ3n) is 4.05. The van der Waals surface area contributed by atoms with Crippen molar-refractivity contribution in [3.8, 4) is 0 Å². The quantitative estimate of drug-likeness (QED) is 0.918. The van der Waals surface area contributed by atoms with E-state index in [0.29, 0.717) is 13.1 Å². The molecule has 1 aromatic carbocycles. The van der Waals surface area contributed by atoms with Gasteiger partial charge in [-0.15, -0.1) is 11.3 Å². The van der Waals surface area contributed by atoms with E-state index in [-0.39, 0.29) is 24.3 Å². The molecule has 1 fully saturated rings. The molecule has 126 valence electrons. The van der Waals surface area contributed by atoms with Crippen LogP contribution in [0.2, 0.25) is 0 Å². The fraction of sp³-hybridized carbons (Fsp3) is 0.353. The lowest BCUT2D eigenvalue weighted by Gasteiger charge is -2.30. The number of hydrogen-bond acceptors (Lipinski definition) is 5. The van der Waals surface area contributed by atoms with Crippen LogP contribution in [0, 0.1) is 0 Å². The van der Waals surface area contributed by atoms with Crippen LogP contribution in [0.1, 0.15) is 39.8 Å². The fourth-order valence-electron chi connectivity index (χ4n) is 2.69. The number of aromatic nitrogens is 1. The van der Waals surface area contributed by atoms with Crippen LogP contribution in [0.25, 0.3) is 0 Å². The van der Waals surface area contributed by atoms with Gasteiger partial charge in [-0.3, -0.25) is 0 Å². The van der Waals surface area contributed by atoms with Gasteiger partial charge in [0, 0.05) is 24.4 Å². The van der Waals surface area contributed by atoms with Gasteiger partial charge in [0.05, 0.1) is 5.01 Å². The lowest BCUT2D eigenvalue weighted by molar-refractivity contribution is 0.0691. The Morgan fingerprint density at radius 1 is 1.25 bits per heavy atom. The Kier molecular flexibility index (Phi) is 5.10. The number of amides is 1. The number of carbonyl (C=O) groups is 2. The van der Waals surface area contributed by atoms with E-state index in [1.54, 1.807) is 10.3 Å². The summed E-state index contributed by atoms with van der Waals surface area (Å²) >= 11 is 1.37. The van der Waals surface area contributed by atoms with Crippen LogP contribution in [0.3, 0.4) is 0 Å². The average Bonchev–Trinajstić information content (AvgIpc) is 3.11. The van der Waals surface area contributed by atoms with E-state index in [0.717, 1.165) is 23.4 Å². The Hall–Kier alpha value is -2.41. The maximum Gasteiger partial charge on any atom is 0.410 e. The number of carboxylic acids is 1. The summed E-state index contributed by atoms with van der Waals surface area (Å²) in [5.74, 6) is -0.791. The van der Waals surface area contributed by atoms with E-state index in [4.69, 9.17) is 9.84 Å². The number of rotatable bonds is 4. The van der Waals surface area contributed by atoms with Crippen molar-refractivity contribution in [2.24, 2.45) is 0 Å². The smallest absolute Gasteiger partial charge is 0.410 e. The number of likely N-dealkylation sites (tertiary alicyclic amines) is 1. The van der Waals surface area contributed by atoms with Crippen molar-refractivity contribution < 1.29 is 19.4 Å². The monoisotopic (exact) mass is 346 g/mol. The highest BCUT2D eigenvalue weighted by Gasteiger charge is 2.27. The molecule has 1 saturated heterocycles. The summed E-state index contributed by atoms with van der Waals surface area (Å²) in [6.07, 6.45) is 1.24. The van der Waals surface area contributed by atoms with E-state index in [2.05, 4.69) is 4.98 Å². The molecular weight excluding hydrogens is 328 g/mol. The van der Waals surface area contributed by atoms with Crippen LogP contribution >= 0.6 is 11.3 Å². The second-order valence-electron chi connectivity index (χ2n) is 5.68. The second-order valence-corrected chi connectivity index (χ2v) is 6.57. The number of hydrogen-bond donors (Lipinski definition) is 1. The first-order valence-corrected chi connectivity index (χ1v) is 8.66. The summed E-state index contributed by atoms with van der Waals surface area (Å²) in [6.45, 7) is 1.47. The number of nitrogens with zero attached hydrogens (tertiary/aromatic N) is 2. The molecule has 0 atom stereocenters.